The highest BCUT2D eigenvalue weighted by Gasteiger charge is 2.18. The lowest BCUT2D eigenvalue weighted by Gasteiger charge is -2.27. The summed E-state index contributed by atoms with van der Waals surface area (Å²) in [6.07, 6.45) is 3.80. The number of aromatic nitrogens is 2. The number of hydrogen-bond acceptors (Lipinski definition) is 4. The average Bonchev–Trinajstić information content (AvgIpc) is 2.23. The number of hydrogen-bond donors (Lipinski definition) is 2. The van der Waals surface area contributed by atoms with Crippen molar-refractivity contribution >= 4 is 23.4 Å². The van der Waals surface area contributed by atoms with E-state index in [1.54, 1.807) is 6.20 Å². The number of nitrogens with one attached hydrogen (secondary N) is 2. The van der Waals surface area contributed by atoms with Gasteiger partial charge >= 0.3 is 0 Å². The third kappa shape index (κ3) is 4.38. The SMILES string of the molecule is CCCC(C)(C)Nc1nc(NCC)ncc1Cl. The Kier molecular flexibility index (Phi) is 5.00. The topological polar surface area (TPSA) is 49.8 Å². The predicted molar refractivity (Wildman–Crippen MR) is 73.8 cm³/mol. The fourth-order valence-corrected chi connectivity index (χ4v) is 1.84. The molecule has 0 saturated carbocycles. The van der Waals surface area contributed by atoms with Crippen LogP contribution < -0.4 is 10.6 Å². The molecule has 0 bridgehead atoms. The summed E-state index contributed by atoms with van der Waals surface area (Å²) in [5, 5.41) is 6.99. The van der Waals surface area contributed by atoms with Gasteiger partial charge in [-0.05, 0) is 27.2 Å². The van der Waals surface area contributed by atoms with Crippen molar-refractivity contribution in [3.63, 3.8) is 0 Å². The molecule has 5 heteroatoms. The Hall–Kier alpha value is -1.03. The molecular weight excluding hydrogens is 236 g/mol. The summed E-state index contributed by atoms with van der Waals surface area (Å²) < 4.78 is 0. The van der Waals surface area contributed by atoms with Gasteiger partial charge in [0.2, 0.25) is 5.95 Å². The summed E-state index contributed by atoms with van der Waals surface area (Å²) in [5.74, 6) is 1.29. The molecule has 1 aromatic heterocycles. The first-order valence-electron chi connectivity index (χ1n) is 6.03. The predicted octanol–water partition coefficient (Wildman–Crippen LogP) is 3.55. The summed E-state index contributed by atoms with van der Waals surface area (Å²) in [5.41, 5.74) is -0.0176. The molecule has 0 saturated heterocycles. The molecule has 0 aromatic carbocycles. The maximum atomic E-state index is 6.09. The van der Waals surface area contributed by atoms with Crippen LogP contribution in [0.4, 0.5) is 11.8 Å². The second-order valence-electron chi connectivity index (χ2n) is 4.68. The van der Waals surface area contributed by atoms with Crippen LogP contribution in [0.15, 0.2) is 6.20 Å². The zero-order valence-corrected chi connectivity index (χ0v) is 11.7. The van der Waals surface area contributed by atoms with E-state index in [-0.39, 0.29) is 5.54 Å². The smallest absolute Gasteiger partial charge is 0.224 e. The largest absolute Gasteiger partial charge is 0.364 e. The lowest BCUT2D eigenvalue weighted by molar-refractivity contribution is 0.509. The zero-order chi connectivity index (χ0) is 12.9. The third-order valence-corrected chi connectivity index (χ3v) is 2.69. The lowest BCUT2D eigenvalue weighted by Crippen LogP contribution is -2.31. The molecule has 1 rings (SSSR count). The van der Waals surface area contributed by atoms with Crippen LogP contribution in [0.3, 0.4) is 0 Å². The monoisotopic (exact) mass is 256 g/mol. The van der Waals surface area contributed by atoms with E-state index in [0.29, 0.717) is 16.8 Å². The van der Waals surface area contributed by atoms with Crippen molar-refractivity contribution in [2.24, 2.45) is 0 Å². The lowest BCUT2D eigenvalue weighted by atomic mass is 9.99. The minimum absolute atomic E-state index is 0.0176. The number of anilines is 2. The van der Waals surface area contributed by atoms with E-state index >= 15 is 0 Å². The van der Waals surface area contributed by atoms with Crippen molar-refractivity contribution in [3.8, 4) is 0 Å². The van der Waals surface area contributed by atoms with E-state index in [9.17, 15) is 0 Å². The van der Waals surface area contributed by atoms with Gasteiger partial charge in [0, 0.05) is 12.1 Å². The van der Waals surface area contributed by atoms with E-state index < -0.39 is 0 Å². The normalized spacial score (nSPS) is 11.4. The van der Waals surface area contributed by atoms with Gasteiger partial charge in [-0.3, -0.25) is 0 Å². The van der Waals surface area contributed by atoms with Gasteiger partial charge in [0.25, 0.3) is 0 Å². The molecule has 96 valence electrons. The highest BCUT2D eigenvalue weighted by atomic mass is 35.5. The quantitative estimate of drug-likeness (QED) is 0.817. The molecule has 0 aliphatic rings. The van der Waals surface area contributed by atoms with Crippen LogP contribution in [0, 0.1) is 0 Å². The second-order valence-corrected chi connectivity index (χ2v) is 5.09. The van der Waals surface area contributed by atoms with Crippen molar-refractivity contribution in [2.75, 3.05) is 17.2 Å². The van der Waals surface area contributed by atoms with Crippen molar-refractivity contribution in [1.82, 2.24) is 9.97 Å². The van der Waals surface area contributed by atoms with Crippen LogP contribution >= 0.6 is 11.6 Å². The fraction of sp³-hybridized carbons (Fsp3) is 0.667. The maximum absolute atomic E-state index is 6.09. The van der Waals surface area contributed by atoms with Crippen molar-refractivity contribution in [1.29, 1.82) is 0 Å². The van der Waals surface area contributed by atoms with Gasteiger partial charge in [-0.1, -0.05) is 24.9 Å². The Morgan fingerprint density at radius 2 is 2.06 bits per heavy atom. The van der Waals surface area contributed by atoms with Crippen LogP contribution in [0.2, 0.25) is 5.02 Å². The Bertz CT molecular complexity index is 366. The Labute approximate surface area is 108 Å². The fourth-order valence-electron chi connectivity index (χ4n) is 1.71. The first-order chi connectivity index (χ1) is 7.98. The summed E-state index contributed by atoms with van der Waals surface area (Å²) >= 11 is 6.09. The van der Waals surface area contributed by atoms with Crippen LogP contribution in [0.1, 0.15) is 40.5 Å². The van der Waals surface area contributed by atoms with Gasteiger partial charge in [0.15, 0.2) is 5.82 Å². The van der Waals surface area contributed by atoms with E-state index in [4.69, 9.17) is 11.6 Å². The molecule has 0 amide bonds. The summed E-state index contributed by atoms with van der Waals surface area (Å²) in [6.45, 7) is 9.24. The number of nitrogens with zero attached hydrogens (tertiary/aromatic N) is 2. The standard InChI is InChI=1S/C12H21ClN4/c1-5-7-12(3,4)17-10-9(13)8-15-11(16-10)14-6-2/h8H,5-7H2,1-4H3,(H2,14,15,16,17). The van der Waals surface area contributed by atoms with E-state index in [2.05, 4.69) is 41.4 Å². The first-order valence-corrected chi connectivity index (χ1v) is 6.41. The van der Waals surface area contributed by atoms with E-state index in [1.807, 2.05) is 6.92 Å². The van der Waals surface area contributed by atoms with Crippen molar-refractivity contribution < 1.29 is 0 Å². The van der Waals surface area contributed by atoms with Crippen LogP contribution in [-0.4, -0.2) is 22.1 Å². The van der Waals surface area contributed by atoms with Crippen LogP contribution in [0.5, 0.6) is 0 Å². The molecule has 4 nitrogen and oxygen atoms in total. The molecule has 0 radical (unpaired) electrons. The zero-order valence-electron chi connectivity index (χ0n) is 11.0. The van der Waals surface area contributed by atoms with Crippen LogP contribution in [-0.2, 0) is 0 Å². The average molecular weight is 257 g/mol. The minimum atomic E-state index is -0.0176. The van der Waals surface area contributed by atoms with E-state index in [0.717, 1.165) is 19.4 Å². The molecule has 1 heterocycles. The summed E-state index contributed by atoms with van der Waals surface area (Å²) in [6, 6.07) is 0. The van der Waals surface area contributed by atoms with Crippen molar-refractivity contribution in [3.05, 3.63) is 11.2 Å². The first kappa shape index (κ1) is 14.0. The second kappa shape index (κ2) is 6.05. The van der Waals surface area contributed by atoms with Crippen molar-refractivity contribution in [2.45, 2.75) is 46.1 Å². The molecule has 0 aliphatic carbocycles. The molecule has 0 unspecified atom stereocenters. The van der Waals surface area contributed by atoms with Gasteiger partial charge < -0.3 is 10.6 Å². The molecule has 0 spiro atoms. The van der Waals surface area contributed by atoms with Gasteiger partial charge in [-0.25, -0.2) is 4.98 Å². The van der Waals surface area contributed by atoms with E-state index in [1.165, 1.54) is 0 Å². The molecule has 0 aliphatic heterocycles. The van der Waals surface area contributed by atoms with Crippen LogP contribution in [0.25, 0.3) is 0 Å². The number of rotatable bonds is 6. The Morgan fingerprint density at radius 1 is 1.35 bits per heavy atom. The summed E-state index contributed by atoms with van der Waals surface area (Å²) in [4.78, 5) is 8.47. The molecule has 1 aromatic rings. The Balaban J connectivity index is 2.85. The number of halogens is 1. The molecule has 0 fully saturated rings. The van der Waals surface area contributed by atoms with Gasteiger partial charge in [0.05, 0.1) is 6.20 Å². The van der Waals surface area contributed by atoms with Gasteiger partial charge in [-0.15, -0.1) is 0 Å². The van der Waals surface area contributed by atoms with Gasteiger partial charge in [0.1, 0.15) is 5.02 Å². The molecule has 0 atom stereocenters. The minimum Gasteiger partial charge on any atom is -0.364 e. The molecule has 2 N–H and O–H groups in total. The highest BCUT2D eigenvalue weighted by molar-refractivity contribution is 6.32. The van der Waals surface area contributed by atoms with Gasteiger partial charge in [-0.2, -0.15) is 4.98 Å². The molecule has 17 heavy (non-hydrogen) atoms. The summed E-state index contributed by atoms with van der Waals surface area (Å²) in [7, 11) is 0. The molecular formula is C12H21ClN4. The third-order valence-electron chi connectivity index (χ3n) is 2.41. The highest BCUT2D eigenvalue weighted by Crippen LogP contribution is 2.25. The maximum Gasteiger partial charge on any atom is 0.224 e. The Morgan fingerprint density at radius 3 is 2.65 bits per heavy atom.